The van der Waals surface area contributed by atoms with Crippen LogP contribution < -0.4 is 5.32 Å². The van der Waals surface area contributed by atoms with E-state index in [1.165, 1.54) is 5.56 Å². The van der Waals surface area contributed by atoms with Crippen molar-refractivity contribution in [2.75, 3.05) is 19.7 Å². The van der Waals surface area contributed by atoms with Gasteiger partial charge in [0.1, 0.15) is 0 Å². The molecule has 1 saturated carbocycles. The van der Waals surface area contributed by atoms with Gasteiger partial charge in [-0.25, -0.2) is 0 Å². The summed E-state index contributed by atoms with van der Waals surface area (Å²) in [6.07, 6.45) is 5.15. The van der Waals surface area contributed by atoms with Gasteiger partial charge in [0.25, 0.3) is 0 Å². The summed E-state index contributed by atoms with van der Waals surface area (Å²) in [7, 11) is -1.83. The number of hydrogen-bond donors (Lipinski definition) is 1. The number of carbonyl (C=O) groups is 1. The normalized spacial score (nSPS) is 28.6. The molecule has 1 N–H and O–H groups in total. The summed E-state index contributed by atoms with van der Waals surface area (Å²) in [4.78, 5) is 21.8. The predicted molar refractivity (Wildman–Crippen MR) is 158 cm³/mol. The second-order valence-corrected chi connectivity index (χ2v) is 17.9. The summed E-state index contributed by atoms with van der Waals surface area (Å²) in [5.74, 6) is 1.18. The monoisotopic (exact) mass is 531 g/mol. The Bertz CT molecular complexity index is 1130. The maximum absolute atomic E-state index is 14.1. The van der Waals surface area contributed by atoms with E-state index in [1.807, 2.05) is 18.2 Å². The smallest absolute Gasteiger partial charge is 0.250 e. The van der Waals surface area contributed by atoms with E-state index >= 15 is 0 Å². The molecule has 1 saturated heterocycles. The molecule has 4 aliphatic rings. The molecule has 2 aromatic carbocycles. The van der Waals surface area contributed by atoms with Gasteiger partial charge in [-0.05, 0) is 60.4 Å². The van der Waals surface area contributed by atoms with Gasteiger partial charge in [0.15, 0.2) is 13.9 Å². The highest BCUT2D eigenvalue weighted by atomic mass is 28.4. The summed E-state index contributed by atoms with van der Waals surface area (Å²) in [6.45, 7) is 14.8. The van der Waals surface area contributed by atoms with Crippen molar-refractivity contribution in [2.24, 2.45) is 22.7 Å². The number of nitrogens with one attached hydrogen (secondary N) is 1. The van der Waals surface area contributed by atoms with E-state index in [-0.39, 0.29) is 22.9 Å². The Kier molecular flexibility index (Phi) is 7.69. The Balaban J connectivity index is 1.37. The minimum absolute atomic E-state index is 0.100. The van der Waals surface area contributed by atoms with Crippen molar-refractivity contribution in [3.05, 3.63) is 71.8 Å². The van der Waals surface area contributed by atoms with Crippen molar-refractivity contribution in [1.82, 2.24) is 10.2 Å². The van der Waals surface area contributed by atoms with E-state index in [1.54, 1.807) is 0 Å². The van der Waals surface area contributed by atoms with Crippen LogP contribution in [0, 0.1) is 17.8 Å². The van der Waals surface area contributed by atoms with Crippen LogP contribution in [0.2, 0.25) is 18.1 Å². The third-order valence-electron chi connectivity index (χ3n) is 9.82. The number of nitrogens with zero attached hydrogens (tertiary/aromatic N) is 2. The zero-order valence-electron chi connectivity index (χ0n) is 23.8. The van der Waals surface area contributed by atoms with E-state index < -0.39 is 13.9 Å². The number of rotatable bonds is 10. The highest BCUT2D eigenvalue weighted by molar-refractivity contribution is 6.74. The fourth-order valence-corrected chi connectivity index (χ4v) is 7.76. The average molecular weight is 532 g/mol. The summed E-state index contributed by atoms with van der Waals surface area (Å²) in [5, 5.41) is 3.49. The fraction of sp³-hybridized carbons (Fsp3) is 0.562. The van der Waals surface area contributed by atoms with Gasteiger partial charge < -0.3 is 9.74 Å². The Hall–Kier alpha value is -2.28. The first-order chi connectivity index (χ1) is 18.1. The number of carbonyl (C=O) groups excluding carboxylic acids is 1. The first kappa shape index (κ1) is 27.3. The van der Waals surface area contributed by atoms with E-state index in [0.29, 0.717) is 18.4 Å². The van der Waals surface area contributed by atoms with E-state index in [2.05, 4.69) is 92.8 Å². The molecule has 5 unspecified atom stereocenters. The molecule has 1 amide bonds. The van der Waals surface area contributed by atoms with Crippen LogP contribution in [0.3, 0.4) is 0 Å². The van der Waals surface area contributed by atoms with E-state index in [4.69, 9.17) is 9.42 Å². The number of likely N-dealkylation sites (tertiary alicyclic amines) is 1. The molecular weight excluding hydrogens is 486 g/mol. The van der Waals surface area contributed by atoms with E-state index in [0.717, 1.165) is 44.5 Å². The Morgan fingerprint density at radius 3 is 2.39 bits per heavy atom. The van der Waals surface area contributed by atoms with Crippen LogP contribution in [0.5, 0.6) is 0 Å². The van der Waals surface area contributed by atoms with Gasteiger partial charge in [-0.3, -0.25) is 14.7 Å². The lowest BCUT2D eigenvalue weighted by Gasteiger charge is -2.51. The van der Waals surface area contributed by atoms with Gasteiger partial charge in [0, 0.05) is 44.4 Å². The number of aliphatic imine (C=N–C) groups is 1. The van der Waals surface area contributed by atoms with Crippen molar-refractivity contribution in [1.29, 1.82) is 0 Å². The van der Waals surface area contributed by atoms with Crippen molar-refractivity contribution in [3.8, 4) is 0 Å². The highest BCUT2D eigenvalue weighted by Crippen LogP contribution is 2.54. The Morgan fingerprint density at radius 2 is 1.74 bits per heavy atom. The maximum atomic E-state index is 14.1. The Labute approximate surface area is 230 Å². The topological polar surface area (TPSA) is 53.9 Å². The van der Waals surface area contributed by atoms with Gasteiger partial charge in [0.2, 0.25) is 5.91 Å². The summed E-state index contributed by atoms with van der Waals surface area (Å²) < 4.78 is 6.65. The lowest BCUT2D eigenvalue weighted by molar-refractivity contribution is -0.132. The quantitative estimate of drug-likeness (QED) is 0.399. The molecule has 4 bridgehead atoms. The molecule has 204 valence electrons. The molecule has 5 nitrogen and oxygen atoms in total. The standard InChI is InChI=1S/C32H45N3O2Si/c1-31(2,3)38(4,5)37-19-17-28-26-20-27-23-35(18-16-24-12-8-6-9-13-24)29(28)32(27,34-22-26)30(36)33-21-25-14-10-7-11-15-25/h6-15,22,26-29H,16-21,23H2,1-5H3,(H,33,36). The van der Waals surface area contributed by atoms with Gasteiger partial charge in [-0.2, -0.15) is 0 Å². The predicted octanol–water partition coefficient (Wildman–Crippen LogP) is 5.72. The number of amides is 1. The van der Waals surface area contributed by atoms with Crippen molar-refractivity contribution in [3.63, 3.8) is 0 Å². The SMILES string of the molecule is CC(C)(C)[Si](C)(C)OCCC1C2C=NC3(C(=O)NCc4ccccc4)C(C2)CN(CCc2ccccc2)C13. The van der Waals surface area contributed by atoms with Crippen molar-refractivity contribution >= 4 is 20.4 Å². The molecule has 3 heterocycles. The third kappa shape index (κ3) is 5.15. The van der Waals surface area contributed by atoms with Crippen LogP contribution in [0.1, 0.15) is 44.7 Å². The zero-order valence-corrected chi connectivity index (χ0v) is 24.8. The minimum atomic E-state index is -1.83. The second-order valence-electron chi connectivity index (χ2n) is 13.1. The minimum Gasteiger partial charge on any atom is -0.417 e. The largest absolute Gasteiger partial charge is 0.417 e. The summed E-state index contributed by atoms with van der Waals surface area (Å²) in [6, 6.07) is 21.0. The van der Waals surface area contributed by atoms with Crippen LogP contribution in [-0.4, -0.2) is 56.6 Å². The van der Waals surface area contributed by atoms with Crippen molar-refractivity contribution < 1.29 is 9.22 Å². The van der Waals surface area contributed by atoms with Gasteiger partial charge in [0.05, 0.1) is 0 Å². The molecule has 6 heteroatoms. The third-order valence-corrected chi connectivity index (χ3v) is 14.4. The Morgan fingerprint density at radius 1 is 1.08 bits per heavy atom. The van der Waals surface area contributed by atoms with Crippen LogP contribution in [-0.2, 0) is 22.2 Å². The molecule has 1 aliphatic carbocycles. The lowest BCUT2D eigenvalue weighted by Crippen LogP contribution is -2.65. The van der Waals surface area contributed by atoms with Crippen LogP contribution in [0.15, 0.2) is 65.7 Å². The fourth-order valence-electron chi connectivity index (χ4n) is 6.70. The second kappa shape index (κ2) is 10.7. The zero-order chi connectivity index (χ0) is 27.0. The van der Waals surface area contributed by atoms with Gasteiger partial charge in [-0.15, -0.1) is 0 Å². The molecule has 0 spiro atoms. The van der Waals surface area contributed by atoms with E-state index in [9.17, 15) is 4.79 Å². The first-order valence-corrected chi connectivity index (χ1v) is 17.3. The van der Waals surface area contributed by atoms with Crippen molar-refractivity contribution in [2.45, 2.75) is 76.3 Å². The van der Waals surface area contributed by atoms with Gasteiger partial charge >= 0.3 is 0 Å². The number of benzene rings is 2. The lowest BCUT2D eigenvalue weighted by atomic mass is 9.60. The average Bonchev–Trinajstić information content (AvgIpc) is 3.16. The van der Waals surface area contributed by atoms with Crippen LogP contribution >= 0.6 is 0 Å². The van der Waals surface area contributed by atoms with Gasteiger partial charge in [-0.1, -0.05) is 81.4 Å². The highest BCUT2D eigenvalue weighted by Gasteiger charge is 2.67. The molecule has 0 aromatic heterocycles. The van der Waals surface area contributed by atoms with Crippen LogP contribution in [0.4, 0.5) is 0 Å². The van der Waals surface area contributed by atoms with Crippen LogP contribution in [0.25, 0.3) is 0 Å². The first-order valence-electron chi connectivity index (χ1n) is 14.4. The number of hydrogen-bond acceptors (Lipinski definition) is 4. The summed E-state index contributed by atoms with van der Waals surface area (Å²) >= 11 is 0. The molecule has 2 aromatic rings. The molecule has 3 aliphatic heterocycles. The molecular formula is C32H45N3O2Si. The molecule has 0 radical (unpaired) electrons. The summed E-state index contributed by atoms with van der Waals surface area (Å²) in [5.41, 5.74) is 1.78. The molecule has 6 rings (SSSR count). The molecule has 38 heavy (non-hydrogen) atoms. The molecule has 5 atom stereocenters. The molecule has 2 fully saturated rings. The maximum Gasteiger partial charge on any atom is 0.250 e.